The largest absolute Gasteiger partial charge is 0.390 e. The smallest absolute Gasteiger partial charge is 0.339 e. The summed E-state index contributed by atoms with van der Waals surface area (Å²) in [6, 6.07) is -0.628. The summed E-state index contributed by atoms with van der Waals surface area (Å²) in [5, 5.41) is 4.83. The predicted octanol–water partition coefficient (Wildman–Crippen LogP) is 2.09. The van der Waals surface area contributed by atoms with Crippen molar-refractivity contribution < 1.29 is 27.6 Å². The molecule has 25 heavy (non-hydrogen) atoms. The highest BCUT2D eigenvalue weighted by Crippen LogP contribution is 2.37. The Bertz CT molecular complexity index is 567. The van der Waals surface area contributed by atoms with Gasteiger partial charge in [-0.1, -0.05) is 0 Å². The average molecular weight is 361 g/mol. The number of carbonyl (C=O) groups excluding carboxylic acids is 3. The summed E-state index contributed by atoms with van der Waals surface area (Å²) in [5.41, 5.74) is -0.957. The molecular formula is C16H22F3N3O3. The summed E-state index contributed by atoms with van der Waals surface area (Å²) >= 11 is 0. The Morgan fingerprint density at radius 3 is 2.24 bits per heavy atom. The Hall–Kier alpha value is -1.80. The highest BCUT2D eigenvalue weighted by atomic mass is 19.4. The highest BCUT2D eigenvalue weighted by Gasteiger charge is 2.49. The first-order valence-electron chi connectivity index (χ1n) is 8.71. The van der Waals surface area contributed by atoms with Crippen molar-refractivity contribution in [2.45, 2.75) is 69.1 Å². The second-order valence-electron chi connectivity index (χ2n) is 7.25. The molecule has 2 N–H and O–H groups in total. The maximum atomic E-state index is 12.8. The lowest BCUT2D eigenvalue weighted by Crippen LogP contribution is -2.53. The molecule has 0 radical (unpaired) electrons. The number of hydrogen-bond donors (Lipinski definition) is 2. The number of carbonyl (C=O) groups is 3. The molecule has 1 spiro atoms. The van der Waals surface area contributed by atoms with E-state index in [1.165, 1.54) is 4.90 Å². The average Bonchev–Trinajstić information content (AvgIpc) is 2.74. The normalized spacial score (nSPS) is 30.0. The molecule has 0 unspecified atom stereocenters. The van der Waals surface area contributed by atoms with Crippen LogP contribution in [-0.2, 0) is 9.59 Å². The van der Waals surface area contributed by atoms with Gasteiger partial charge >= 0.3 is 12.2 Å². The lowest BCUT2D eigenvalue weighted by atomic mass is 9.75. The monoisotopic (exact) mass is 361 g/mol. The van der Waals surface area contributed by atoms with Crippen LogP contribution in [0.3, 0.4) is 0 Å². The molecule has 9 heteroatoms. The molecule has 0 aromatic rings. The lowest BCUT2D eigenvalue weighted by molar-refractivity contribution is -0.153. The van der Waals surface area contributed by atoms with E-state index in [0.717, 1.165) is 19.3 Å². The molecule has 2 aliphatic carbocycles. The first-order valence-corrected chi connectivity index (χ1v) is 8.71. The molecule has 1 saturated heterocycles. The van der Waals surface area contributed by atoms with Gasteiger partial charge in [0.2, 0.25) is 5.91 Å². The zero-order chi connectivity index (χ0) is 18.2. The molecule has 0 bridgehead atoms. The van der Waals surface area contributed by atoms with E-state index in [0.29, 0.717) is 25.7 Å². The third-order valence-corrected chi connectivity index (χ3v) is 5.64. The summed E-state index contributed by atoms with van der Waals surface area (Å²) in [7, 11) is 0. The molecule has 0 atom stereocenters. The number of rotatable bonds is 4. The zero-order valence-corrected chi connectivity index (χ0v) is 13.8. The van der Waals surface area contributed by atoms with Gasteiger partial charge < -0.3 is 10.2 Å². The van der Waals surface area contributed by atoms with Gasteiger partial charge in [-0.15, -0.1) is 0 Å². The summed E-state index contributed by atoms with van der Waals surface area (Å²) in [4.78, 5) is 37.4. The van der Waals surface area contributed by atoms with Crippen molar-refractivity contribution in [1.82, 2.24) is 15.5 Å². The summed E-state index contributed by atoms with van der Waals surface area (Å²) in [6.07, 6.45) is -1.41. The first kappa shape index (κ1) is 18.0. The number of nitrogens with one attached hydrogen (secondary N) is 2. The maximum Gasteiger partial charge on any atom is 0.390 e. The Morgan fingerprint density at radius 1 is 1.16 bits per heavy atom. The van der Waals surface area contributed by atoms with Gasteiger partial charge in [0.1, 0.15) is 5.54 Å². The van der Waals surface area contributed by atoms with Gasteiger partial charge in [0.05, 0.1) is 6.42 Å². The first-order chi connectivity index (χ1) is 11.7. The standard InChI is InChI=1S/C16H22F3N3O3/c17-16(18,19)8-9-22(11-2-1-3-11)12(23)10-4-6-15(7-5-10)13(24)20-14(25)21-15/h10-11H,1-9H2,(H2,20,21,24,25). The topological polar surface area (TPSA) is 78.5 Å². The van der Waals surface area contributed by atoms with Crippen molar-refractivity contribution >= 4 is 17.8 Å². The molecular weight excluding hydrogens is 339 g/mol. The van der Waals surface area contributed by atoms with Crippen molar-refractivity contribution in [2.75, 3.05) is 6.54 Å². The summed E-state index contributed by atoms with van der Waals surface area (Å²) in [6.45, 7) is -0.300. The van der Waals surface area contributed by atoms with Gasteiger partial charge in [-0.25, -0.2) is 4.79 Å². The highest BCUT2D eigenvalue weighted by molar-refractivity contribution is 6.07. The van der Waals surface area contributed by atoms with Crippen molar-refractivity contribution in [2.24, 2.45) is 5.92 Å². The zero-order valence-electron chi connectivity index (χ0n) is 13.8. The Balaban J connectivity index is 1.61. The van der Waals surface area contributed by atoms with Crippen molar-refractivity contribution in [3.63, 3.8) is 0 Å². The molecule has 4 amide bonds. The Labute approximate surface area is 143 Å². The van der Waals surface area contributed by atoms with Crippen LogP contribution < -0.4 is 10.6 Å². The van der Waals surface area contributed by atoms with Crippen LogP contribution in [0.4, 0.5) is 18.0 Å². The minimum Gasteiger partial charge on any atom is -0.339 e. The van der Waals surface area contributed by atoms with E-state index in [-0.39, 0.29) is 30.3 Å². The van der Waals surface area contributed by atoms with Gasteiger partial charge in [0.15, 0.2) is 0 Å². The van der Waals surface area contributed by atoms with E-state index >= 15 is 0 Å². The number of alkyl halides is 3. The fraction of sp³-hybridized carbons (Fsp3) is 0.812. The lowest BCUT2D eigenvalue weighted by Gasteiger charge is -2.42. The number of hydrogen-bond acceptors (Lipinski definition) is 3. The van der Waals surface area contributed by atoms with Gasteiger partial charge in [-0.2, -0.15) is 13.2 Å². The predicted molar refractivity (Wildman–Crippen MR) is 81.4 cm³/mol. The number of halogens is 3. The van der Waals surface area contributed by atoms with Gasteiger partial charge in [0.25, 0.3) is 5.91 Å². The number of imide groups is 1. The third-order valence-electron chi connectivity index (χ3n) is 5.64. The molecule has 6 nitrogen and oxygen atoms in total. The quantitative estimate of drug-likeness (QED) is 0.753. The van der Waals surface area contributed by atoms with Crippen LogP contribution in [0.15, 0.2) is 0 Å². The van der Waals surface area contributed by atoms with Crippen LogP contribution in [-0.4, -0.2) is 47.0 Å². The second kappa shape index (κ2) is 6.49. The molecule has 1 heterocycles. The van der Waals surface area contributed by atoms with Crippen LogP contribution in [0, 0.1) is 5.92 Å². The van der Waals surface area contributed by atoms with E-state index < -0.39 is 24.2 Å². The summed E-state index contributed by atoms with van der Waals surface area (Å²) < 4.78 is 37.7. The molecule has 0 aromatic carbocycles. The van der Waals surface area contributed by atoms with Crippen molar-refractivity contribution in [3.8, 4) is 0 Å². The molecule has 140 valence electrons. The minimum absolute atomic E-state index is 0.0970. The number of amides is 4. The minimum atomic E-state index is -4.29. The third kappa shape index (κ3) is 3.74. The van der Waals surface area contributed by atoms with Gasteiger partial charge in [-0.05, 0) is 44.9 Å². The van der Waals surface area contributed by atoms with Crippen LogP contribution >= 0.6 is 0 Å². The van der Waals surface area contributed by atoms with Crippen LogP contribution in [0.5, 0.6) is 0 Å². The SMILES string of the molecule is O=C1NC(=O)C2(CCC(C(=O)N(CCC(F)(F)F)C3CCC3)CC2)N1. The molecule has 3 rings (SSSR count). The molecule has 3 fully saturated rings. The van der Waals surface area contributed by atoms with Gasteiger partial charge in [-0.3, -0.25) is 14.9 Å². The van der Waals surface area contributed by atoms with Gasteiger partial charge in [0, 0.05) is 18.5 Å². The van der Waals surface area contributed by atoms with E-state index in [4.69, 9.17) is 0 Å². The molecule has 3 aliphatic rings. The number of urea groups is 1. The second-order valence-corrected chi connectivity index (χ2v) is 7.25. The van der Waals surface area contributed by atoms with E-state index in [1.807, 2.05) is 0 Å². The molecule has 2 saturated carbocycles. The van der Waals surface area contributed by atoms with E-state index in [2.05, 4.69) is 10.6 Å². The summed E-state index contributed by atoms with van der Waals surface area (Å²) in [5.74, 6) is -1.00. The van der Waals surface area contributed by atoms with E-state index in [9.17, 15) is 27.6 Å². The fourth-order valence-corrected chi connectivity index (χ4v) is 3.89. The van der Waals surface area contributed by atoms with Crippen molar-refractivity contribution in [1.29, 1.82) is 0 Å². The van der Waals surface area contributed by atoms with Crippen LogP contribution in [0.25, 0.3) is 0 Å². The van der Waals surface area contributed by atoms with Crippen LogP contribution in [0.2, 0.25) is 0 Å². The van der Waals surface area contributed by atoms with Crippen molar-refractivity contribution in [3.05, 3.63) is 0 Å². The Morgan fingerprint density at radius 2 is 1.80 bits per heavy atom. The Kier molecular flexibility index (Phi) is 4.68. The molecule has 1 aliphatic heterocycles. The van der Waals surface area contributed by atoms with Crippen LogP contribution in [0.1, 0.15) is 51.4 Å². The number of nitrogens with zero attached hydrogens (tertiary/aromatic N) is 1. The molecule has 0 aromatic heterocycles. The fourth-order valence-electron chi connectivity index (χ4n) is 3.89. The van der Waals surface area contributed by atoms with E-state index in [1.54, 1.807) is 0 Å². The maximum absolute atomic E-state index is 12.8.